The smallest absolute Gasteiger partial charge is 0.231 e. The van der Waals surface area contributed by atoms with E-state index in [2.05, 4.69) is 5.32 Å². The Morgan fingerprint density at radius 2 is 1.63 bits per heavy atom. The van der Waals surface area contributed by atoms with Crippen molar-refractivity contribution in [2.75, 3.05) is 5.32 Å². The average molecular weight is 251 g/mol. The first-order valence-corrected chi connectivity index (χ1v) is 6.21. The molecule has 3 aliphatic rings. The molecular weight excluding hydrogens is 238 g/mol. The van der Waals surface area contributed by atoms with Crippen LogP contribution < -0.4 is 5.32 Å². The highest BCUT2D eigenvalue weighted by Crippen LogP contribution is 2.30. The summed E-state index contributed by atoms with van der Waals surface area (Å²) < 4.78 is 0. The van der Waals surface area contributed by atoms with Crippen LogP contribution >= 0.6 is 0 Å². The lowest BCUT2D eigenvalue weighted by Crippen LogP contribution is -2.10. The minimum absolute atomic E-state index is 0.0196. The van der Waals surface area contributed by atoms with E-state index in [1.54, 1.807) is 0 Å². The van der Waals surface area contributed by atoms with Crippen molar-refractivity contribution in [2.24, 2.45) is 0 Å². The Morgan fingerprint density at radius 3 is 2.16 bits per heavy atom. The second-order valence-corrected chi connectivity index (χ2v) is 4.71. The van der Waals surface area contributed by atoms with E-state index in [9.17, 15) is 9.59 Å². The van der Waals surface area contributed by atoms with E-state index in [1.165, 1.54) is 0 Å². The Morgan fingerprint density at radius 1 is 0.947 bits per heavy atom. The van der Waals surface area contributed by atoms with Gasteiger partial charge in [-0.25, -0.2) is 0 Å². The average Bonchev–Trinajstić information content (AvgIpc) is 2.75. The molecule has 3 heteroatoms. The first-order valence-electron chi connectivity index (χ1n) is 6.21. The number of hydrogen-bond donors (Lipinski definition) is 1. The van der Waals surface area contributed by atoms with E-state index in [4.69, 9.17) is 0 Å². The number of anilines is 1. The molecule has 0 radical (unpaired) electrons. The van der Waals surface area contributed by atoms with Crippen molar-refractivity contribution in [1.29, 1.82) is 0 Å². The van der Waals surface area contributed by atoms with Gasteiger partial charge >= 0.3 is 0 Å². The molecule has 1 unspecified atom stereocenters. The highest BCUT2D eigenvalue weighted by atomic mass is 16.2. The molecule has 1 atom stereocenters. The summed E-state index contributed by atoms with van der Waals surface area (Å²) in [6, 6.07) is 15.2. The van der Waals surface area contributed by atoms with E-state index in [0.717, 1.165) is 22.4 Å². The van der Waals surface area contributed by atoms with Gasteiger partial charge in [0.2, 0.25) is 5.91 Å². The number of hydrogen-bond acceptors (Lipinski definition) is 2. The molecule has 94 valence electrons. The second kappa shape index (κ2) is 4.35. The number of carbonyl (C=O) groups is 2. The fourth-order valence-electron chi connectivity index (χ4n) is 2.26. The predicted octanol–water partition coefficient (Wildman–Crippen LogP) is 2.97. The van der Waals surface area contributed by atoms with Gasteiger partial charge < -0.3 is 5.32 Å². The summed E-state index contributed by atoms with van der Waals surface area (Å²) in [5, 5.41) is 2.81. The van der Waals surface area contributed by atoms with Gasteiger partial charge in [0.05, 0.1) is 5.92 Å². The monoisotopic (exact) mass is 251 g/mol. The molecule has 19 heavy (non-hydrogen) atoms. The van der Waals surface area contributed by atoms with Crippen LogP contribution in [0.1, 0.15) is 34.3 Å². The van der Waals surface area contributed by atoms with Crippen molar-refractivity contribution in [3.05, 3.63) is 65.2 Å². The van der Waals surface area contributed by atoms with Crippen LogP contribution in [0.5, 0.6) is 0 Å². The van der Waals surface area contributed by atoms with Gasteiger partial charge in [0.1, 0.15) is 0 Å². The van der Waals surface area contributed by atoms with Crippen LogP contribution in [-0.2, 0) is 4.79 Å². The highest BCUT2D eigenvalue weighted by molar-refractivity contribution is 6.16. The standard InChI is InChI=1S/C9H9NO.C7H4O/c1-6-7-4-2-3-5-8(7)10-9(6)11;8-7-5-2-1-3-6(7)4-5/h2-6H,1H3,(H,10,11);1-4H. The normalized spacial score (nSPS) is 17.8. The van der Waals surface area contributed by atoms with E-state index in [1.807, 2.05) is 55.5 Å². The molecule has 2 aromatic rings. The molecule has 3 nitrogen and oxygen atoms in total. The minimum atomic E-state index is 0.0196. The Labute approximate surface area is 111 Å². The first kappa shape index (κ1) is 11.7. The van der Waals surface area contributed by atoms with Crippen LogP contribution in [0, 0.1) is 0 Å². The summed E-state index contributed by atoms with van der Waals surface area (Å²) in [5.41, 5.74) is 3.77. The third kappa shape index (κ3) is 1.93. The summed E-state index contributed by atoms with van der Waals surface area (Å²) in [6.45, 7) is 1.92. The number of ketones is 1. The lowest BCUT2D eigenvalue weighted by molar-refractivity contribution is -0.116. The van der Waals surface area contributed by atoms with Gasteiger partial charge in [-0.3, -0.25) is 9.59 Å². The maximum atomic E-state index is 11.1. The van der Waals surface area contributed by atoms with Crippen molar-refractivity contribution >= 4 is 17.4 Å². The molecule has 1 N–H and O–H groups in total. The molecule has 1 aliphatic heterocycles. The third-order valence-electron chi connectivity index (χ3n) is 3.47. The topological polar surface area (TPSA) is 46.2 Å². The van der Waals surface area contributed by atoms with Crippen molar-refractivity contribution in [2.45, 2.75) is 12.8 Å². The third-order valence-corrected chi connectivity index (χ3v) is 3.47. The molecule has 0 saturated heterocycles. The fraction of sp³-hybridized carbons (Fsp3) is 0.125. The zero-order valence-corrected chi connectivity index (χ0v) is 10.5. The van der Waals surface area contributed by atoms with Gasteiger partial charge in [-0.1, -0.05) is 36.4 Å². The van der Waals surface area contributed by atoms with E-state index in [-0.39, 0.29) is 17.6 Å². The van der Waals surface area contributed by atoms with E-state index < -0.39 is 0 Å². The molecular formula is C16H13NO2. The molecule has 0 aromatic heterocycles. The SMILES string of the molecule is CC1C(=O)Nc2ccccc21.O=C1c2cccc1c2. The largest absolute Gasteiger partial charge is 0.325 e. The lowest BCUT2D eigenvalue weighted by Gasteiger charge is -2.10. The summed E-state index contributed by atoms with van der Waals surface area (Å²) in [6.07, 6.45) is 0. The Kier molecular flexibility index (Phi) is 2.67. The predicted molar refractivity (Wildman–Crippen MR) is 73.4 cm³/mol. The van der Waals surface area contributed by atoms with Crippen LogP contribution in [-0.4, -0.2) is 11.7 Å². The molecule has 0 saturated carbocycles. The summed E-state index contributed by atoms with van der Waals surface area (Å²) >= 11 is 0. The van der Waals surface area contributed by atoms with Gasteiger partial charge in [0.15, 0.2) is 5.78 Å². The van der Waals surface area contributed by atoms with Crippen molar-refractivity contribution in [1.82, 2.24) is 0 Å². The number of para-hydroxylation sites is 1. The zero-order valence-electron chi connectivity index (χ0n) is 10.5. The van der Waals surface area contributed by atoms with Crippen LogP contribution in [0.15, 0.2) is 48.5 Å². The minimum Gasteiger partial charge on any atom is -0.325 e. The molecule has 1 heterocycles. The van der Waals surface area contributed by atoms with Crippen molar-refractivity contribution in [3.63, 3.8) is 0 Å². The summed E-state index contributed by atoms with van der Waals surface area (Å²) in [4.78, 5) is 21.8. The molecule has 1 amide bonds. The van der Waals surface area contributed by atoms with Gasteiger partial charge in [-0.15, -0.1) is 0 Å². The van der Waals surface area contributed by atoms with Crippen molar-refractivity contribution < 1.29 is 9.59 Å². The molecule has 0 fully saturated rings. The number of nitrogens with one attached hydrogen (secondary N) is 1. The van der Waals surface area contributed by atoms with Gasteiger partial charge in [-0.05, 0) is 24.6 Å². The van der Waals surface area contributed by atoms with E-state index >= 15 is 0 Å². The van der Waals surface area contributed by atoms with E-state index in [0.29, 0.717) is 0 Å². The fourth-order valence-corrected chi connectivity index (χ4v) is 2.26. The molecule has 2 aromatic carbocycles. The lowest BCUT2D eigenvalue weighted by atomic mass is 9.92. The maximum Gasteiger partial charge on any atom is 0.231 e. The van der Waals surface area contributed by atoms with Crippen LogP contribution in [0.25, 0.3) is 0 Å². The van der Waals surface area contributed by atoms with Crippen molar-refractivity contribution in [3.8, 4) is 0 Å². The number of carbonyl (C=O) groups excluding carboxylic acids is 2. The number of rotatable bonds is 0. The highest BCUT2D eigenvalue weighted by Gasteiger charge is 2.25. The Balaban J connectivity index is 0.000000122. The zero-order chi connectivity index (χ0) is 13.4. The van der Waals surface area contributed by atoms with Crippen LogP contribution in [0.2, 0.25) is 0 Å². The van der Waals surface area contributed by atoms with Crippen LogP contribution in [0.4, 0.5) is 5.69 Å². The van der Waals surface area contributed by atoms with Gasteiger partial charge in [0, 0.05) is 16.8 Å². The maximum absolute atomic E-state index is 11.1. The summed E-state index contributed by atoms with van der Waals surface area (Å²) in [7, 11) is 0. The quantitative estimate of drug-likeness (QED) is 0.667. The van der Waals surface area contributed by atoms with Crippen LogP contribution in [0.3, 0.4) is 0 Å². The first-order chi connectivity index (χ1) is 9.16. The Hall–Kier alpha value is -2.42. The molecule has 2 bridgehead atoms. The van der Waals surface area contributed by atoms with Gasteiger partial charge in [0.25, 0.3) is 0 Å². The number of fused-ring (bicyclic) bond motifs is 3. The number of benzene rings is 2. The number of amides is 1. The molecule has 0 spiro atoms. The summed E-state index contributed by atoms with van der Waals surface area (Å²) in [5.74, 6) is 0.324. The Bertz CT molecular complexity index is 647. The van der Waals surface area contributed by atoms with Gasteiger partial charge in [-0.2, -0.15) is 0 Å². The second-order valence-electron chi connectivity index (χ2n) is 4.71. The molecule has 2 aliphatic carbocycles. The molecule has 5 rings (SSSR count).